The topological polar surface area (TPSA) is 76.1 Å². The summed E-state index contributed by atoms with van der Waals surface area (Å²) in [5, 5.41) is 8.57. The number of hydrogen-bond acceptors (Lipinski definition) is 8. The number of ether oxygens (including phenoxy) is 1. The normalized spacial score (nSPS) is 15.6. The van der Waals surface area contributed by atoms with Gasteiger partial charge in [-0.15, -0.1) is 5.10 Å². The number of hydrogen-bond donors (Lipinski definition) is 1. The van der Waals surface area contributed by atoms with Crippen molar-refractivity contribution in [2.45, 2.75) is 31.8 Å². The van der Waals surface area contributed by atoms with Gasteiger partial charge in [0, 0.05) is 47.8 Å². The third kappa shape index (κ3) is 4.55. The van der Waals surface area contributed by atoms with E-state index in [1.165, 1.54) is 17.7 Å². The highest BCUT2D eigenvalue weighted by Gasteiger charge is 2.20. The maximum Gasteiger partial charge on any atom is 0.163 e. The van der Waals surface area contributed by atoms with Crippen LogP contribution in [-0.4, -0.2) is 57.2 Å². The Bertz CT molecular complexity index is 1220. The molecule has 0 unspecified atom stereocenters. The lowest BCUT2D eigenvalue weighted by molar-refractivity contribution is 0.199. The van der Waals surface area contributed by atoms with Crippen LogP contribution in [0.2, 0.25) is 0 Å². The quantitative estimate of drug-likeness (QED) is 0.459. The van der Waals surface area contributed by atoms with Gasteiger partial charge in [-0.3, -0.25) is 4.98 Å². The second-order valence-corrected chi connectivity index (χ2v) is 8.89. The van der Waals surface area contributed by atoms with E-state index in [2.05, 4.69) is 35.8 Å². The molecule has 9 heteroatoms. The van der Waals surface area contributed by atoms with E-state index in [0.717, 1.165) is 71.6 Å². The van der Waals surface area contributed by atoms with E-state index in [0.29, 0.717) is 18.0 Å². The van der Waals surface area contributed by atoms with Crippen molar-refractivity contribution in [3.63, 3.8) is 0 Å². The lowest BCUT2D eigenvalue weighted by Crippen LogP contribution is -2.42. The van der Waals surface area contributed by atoms with Gasteiger partial charge in [-0.05, 0) is 62.2 Å². The van der Waals surface area contributed by atoms with E-state index in [1.807, 2.05) is 24.4 Å². The number of halogens is 1. The molecule has 166 valence electrons. The standard InChI is InChI=1S/C23H25FN6OS/c1-31-17-2-3-21-19(11-17)18(20(24)14-26-21)6-9-30-7-4-16(5-8-30)25-12-15-10-22-23(27-13-15)32-29-28-22/h2-3,10-11,13-14,16,25H,4-9,12H2,1H3. The molecule has 3 aromatic heterocycles. The SMILES string of the molecule is COc1ccc2ncc(F)c(CCN3CCC(NCc4cnc5snnc5c4)CC3)c2c1. The molecule has 5 rings (SSSR count). The average molecular weight is 453 g/mol. The summed E-state index contributed by atoms with van der Waals surface area (Å²) in [6.45, 7) is 3.61. The van der Waals surface area contributed by atoms with Crippen LogP contribution in [0, 0.1) is 5.82 Å². The molecule has 1 aliphatic rings. The monoisotopic (exact) mass is 452 g/mol. The largest absolute Gasteiger partial charge is 0.497 e. The highest BCUT2D eigenvalue weighted by Crippen LogP contribution is 2.25. The van der Waals surface area contributed by atoms with E-state index < -0.39 is 0 Å². The lowest BCUT2D eigenvalue weighted by atomic mass is 10.0. The van der Waals surface area contributed by atoms with Gasteiger partial charge < -0.3 is 15.0 Å². The molecule has 7 nitrogen and oxygen atoms in total. The van der Waals surface area contributed by atoms with Crippen molar-refractivity contribution < 1.29 is 9.13 Å². The molecule has 0 spiro atoms. The van der Waals surface area contributed by atoms with Gasteiger partial charge in [-0.2, -0.15) is 0 Å². The Kier molecular flexibility index (Phi) is 6.20. The minimum absolute atomic E-state index is 0.247. The number of likely N-dealkylation sites (tertiary alicyclic amines) is 1. The second kappa shape index (κ2) is 9.40. The smallest absolute Gasteiger partial charge is 0.163 e. The van der Waals surface area contributed by atoms with Crippen molar-refractivity contribution in [3.05, 3.63) is 53.6 Å². The highest BCUT2D eigenvalue weighted by molar-refractivity contribution is 7.12. The van der Waals surface area contributed by atoms with Crippen LogP contribution in [0.25, 0.3) is 21.3 Å². The number of benzene rings is 1. The zero-order valence-electron chi connectivity index (χ0n) is 17.9. The molecule has 4 heterocycles. The van der Waals surface area contributed by atoms with Crippen LogP contribution in [0.4, 0.5) is 4.39 Å². The molecule has 1 aliphatic heterocycles. The van der Waals surface area contributed by atoms with E-state index in [1.54, 1.807) is 7.11 Å². The highest BCUT2D eigenvalue weighted by atomic mass is 32.1. The number of nitrogens with zero attached hydrogens (tertiary/aromatic N) is 5. The van der Waals surface area contributed by atoms with Gasteiger partial charge in [0.15, 0.2) is 4.83 Å². The second-order valence-electron chi connectivity index (χ2n) is 8.16. The zero-order chi connectivity index (χ0) is 21.9. The summed E-state index contributed by atoms with van der Waals surface area (Å²) in [6, 6.07) is 8.14. The molecule has 32 heavy (non-hydrogen) atoms. The molecular weight excluding hydrogens is 427 g/mol. The number of piperidine rings is 1. The Morgan fingerprint density at radius 2 is 2.03 bits per heavy atom. The van der Waals surface area contributed by atoms with Crippen LogP contribution >= 0.6 is 11.5 Å². The zero-order valence-corrected chi connectivity index (χ0v) is 18.7. The molecule has 1 saturated heterocycles. The number of methoxy groups -OCH3 is 1. The maximum atomic E-state index is 14.6. The van der Waals surface area contributed by atoms with Crippen molar-refractivity contribution in [3.8, 4) is 5.75 Å². The number of rotatable bonds is 7. The van der Waals surface area contributed by atoms with Gasteiger partial charge in [-0.1, -0.05) is 4.49 Å². The third-order valence-electron chi connectivity index (χ3n) is 6.16. The van der Waals surface area contributed by atoms with Crippen molar-refractivity contribution in [1.82, 2.24) is 29.8 Å². The number of aromatic nitrogens is 4. The fraction of sp³-hybridized carbons (Fsp3) is 0.391. The van der Waals surface area contributed by atoms with Crippen LogP contribution in [0.1, 0.15) is 24.0 Å². The molecular formula is C23H25FN6OS. The van der Waals surface area contributed by atoms with Gasteiger partial charge in [0.25, 0.3) is 0 Å². The van der Waals surface area contributed by atoms with Gasteiger partial charge in [0.1, 0.15) is 17.1 Å². The molecule has 0 aliphatic carbocycles. The predicted octanol–water partition coefficient (Wildman–Crippen LogP) is 3.58. The van der Waals surface area contributed by atoms with Crippen LogP contribution in [-0.2, 0) is 13.0 Å². The Balaban J connectivity index is 1.15. The van der Waals surface area contributed by atoms with Crippen LogP contribution in [0.15, 0.2) is 36.7 Å². The summed E-state index contributed by atoms with van der Waals surface area (Å²) < 4.78 is 23.8. The Morgan fingerprint density at radius 1 is 1.16 bits per heavy atom. The first kappa shape index (κ1) is 21.1. The summed E-state index contributed by atoms with van der Waals surface area (Å²) in [5.74, 6) is 0.474. The summed E-state index contributed by atoms with van der Waals surface area (Å²) >= 11 is 1.32. The number of pyridine rings is 2. The minimum Gasteiger partial charge on any atom is -0.497 e. The molecule has 1 aromatic carbocycles. The summed E-state index contributed by atoms with van der Waals surface area (Å²) in [4.78, 5) is 11.9. The Hall–Kier alpha value is -2.75. The van der Waals surface area contributed by atoms with Crippen molar-refractivity contribution in [1.29, 1.82) is 0 Å². The van der Waals surface area contributed by atoms with Crippen molar-refractivity contribution in [2.24, 2.45) is 0 Å². The summed E-state index contributed by atoms with van der Waals surface area (Å²) in [7, 11) is 1.62. The predicted molar refractivity (Wildman–Crippen MR) is 123 cm³/mol. The first-order valence-corrected chi connectivity index (χ1v) is 11.6. The van der Waals surface area contributed by atoms with E-state index in [4.69, 9.17) is 4.74 Å². The fourth-order valence-corrected chi connectivity index (χ4v) is 4.80. The van der Waals surface area contributed by atoms with E-state index in [-0.39, 0.29) is 5.82 Å². The first-order valence-electron chi connectivity index (χ1n) is 10.8. The van der Waals surface area contributed by atoms with Crippen LogP contribution in [0.3, 0.4) is 0 Å². The third-order valence-corrected chi connectivity index (χ3v) is 6.81. The molecule has 0 saturated carbocycles. The molecule has 0 amide bonds. The summed E-state index contributed by atoms with van der Waals surface area (Å²) in [6.07, 6.45) is 6.02. The fourth-order valence-electron chi connectivity index (χ4n) is 4.30. The minimum atomic E-state index is -0.247. The lowest BCUT2D eigenvalue weighted by Gasteiger charge is -2.32. The van der Waals surface area contributed by atoms with Crippen molar-refractivity contribution in [2.75, 3.05) is 26.7 Å². The Labute approximate surface area is 189 Å². The molecule has 0 bridgehead atoms. The Morgan fingerprint density at radius 3 is 2.88 bits per heavy atom. The molecule has 0 radical (unpaired) electrons. The molecule has 1 fully saturated rings. The van der Waals surface area contributed by atoms with Crippen LogP contribution in [0.5, 0.6) is 5.75 Å². The van der Waals surface area contributed by atoms with Crippen LogP contribution < -0.4 is 10.1 Å². The maximum absolute atomic E-state index is 14.6. The molecule has 1 N–H and O–H groups in total. The van der Waals surface area contributed by atoms with Gasteiger partial charge >= 0.3 is 0 Å². The van der Waals surface area contributed by atoms with Gasteiger partial charge in [0.05, 0.1) is 18.8 Å². The molecule has 4 aromatic rings. The van der Waals surface area contributed by atoms with Gasteiger partial charge in [-0.25, -0.2) is 9.37 Å². The van der Waals surface area contributed by atoms with E-state index in [9.17, 15) is 4.39 Å². The first-order chi connectivity index (χ1) is 15.7. The number of fused-ring (bicyclic) bond motifs is 2. The van der Waals surface area contributed by atoms with Crippen molar-refractivity contribution >= 4 is 32.8 Å². The number of nitrogens with one attached hydrogen (secondary N) is 1. The van der Waals surface area contributed by atoms with E-state index >= 15 is 0 Å². The summed E-state index contributed by atoms with van der Waals surface area (Å²) in [5.41, 5.74) is 3.50. The molecule has 0 atom stereocenters. The average Bonchev–Trinajstić information content (AvgIpc) is 3.30. The van der Waals surface area contributed by atoms with Gasteiger partial charge in [0.2, 0.25) is 0 Å².